The number of carbonyl (C=O) groups is 1. The Labute approximate surface area is 129 Å². The van der Waals surface area contributed by atoms with Gasteiger partial charge in [0.2, 0.25) is 0 Å². The van der Waals surface area contributed by atoms with Gasteiger partial charge in [-0.15, -0.1) is 0 Å². The van der Waals surface area contributed by atoms with Crippen molar-refractivity contribution < 1.29 is 4.79 Å². The number of rotatable bonds is 2. The van der Waals surface area contributed by atoms with E-state index in [1.807, 2.05) is 23.6 Å². The van der Waals surface area contributed by atoms with Gasteiger partial charge in [0.15, 0.2) is 0 Å². The van der Waals surface area contributed by atoms with Gasteiger partial charge in [0.1, 0.15) is 0 Å². The zero-order valence-electron chi connectivity index (χ0n) is 12.9. The van der Waals surface area contributed by atoms with Crippen molar-refractivity contribution in [1.29, 1.82) is 0 Å². The van der Waals surface area contributed by atoms with Crippen LogP contribution in [-0.4, -0.2) is 40.1 Å². The first-order valence-corrected chi connectivity index (χ1v) is 8.56. The maximum Gasteiger partial charge on any atom is 0.321 e. The van der Waals surface area contributed by atoms with Gasteiger partial charge in [0.05, 0.1) is 5.69 Å². The Morgan fingerprint density at radius 3 is 2.90 bits per heavy atom. The second-order valence-electron chi connectivity index (χ2n) is 5.55. The summed E-state index contributed by atoms with van der Waals surface area (Å²) in [4.78, 5) is 25.9. The molecule has 1 N–H and O–H groups in total. The second kappa shape index (κ2) is 7.02. The molecule has 21 heavy (non-hydrogen) atoms. The van der Waals surface area contributed by atoms with Gasteiger partial charge in [0.25, 0.3) is 5.56 Å². The zero-order valence-corrected chi connectivity index (χ0v) is 13.7. The molecule has 0 aromatic carbocycles. The first-order chi connectivity index (χ1) is 10.0. The van der Waals surface area contributed by atoms with E-state index in [9.17, 15) is 9.59 Å². The number of nitrogens with zero attached hydrogens (tertiary/aromatic N) is 2. The fourth-order valence-corrected chi connectivity index (χ4v) is 3.26. The van der Waals surface area contributed by atoms with Crippen molar-refractivity contribution in [3.8, 4) is 0 Å². The number of carbonyl (C=O) groups excluding carboxylic acids is 1. The molecule has 116 valence electrons. The van der Waals surface area contributed by atoms with Gasteiger partial charge in [-0.2, -0.15) is 11.8 Å². The van der Waals surface area contributed by atoms with Gasteiger partial charge in [-0.25, -0.2) is 4.79 Å². The quantitative estimate of drug-likeness (QED) is 0.913. The monoisotopic (exact) mass is 309 g/mol. The molecule has 1 aliphatic heterocycles. The van der Waals surface area contributed by atoms with E-state index in [1.54, 1.807) is 19.3 Å². The van der Waals surface area contributed by atoms with Crippen LogP contribution in [0.1, 0.15) is 24.8 Å². The summed E-state index contributed by atoms with van der Waals surface area (Å²) in [5, 5.41) is 3.45. The molecule has 0 radical (unpaired) electrons. The molecule has 1 aliphatic rings. The first kappa shape index (κ1) is 15.9. The number of aromatic nitrogens is 1. The predicted molar refractivity (Wildman–Crippen MR) is 88.2 cm³/mol. The van der Waals surface area contributed by atoms with E-state index in [0.29, 0.717) is 10.9 Å². The molecule has 5 nitrogen and oxygen atoms in total. The average molecular weight is 309 g/mol. The Bertz CT molecular complexity index is 571. The van der Waals surface area contributed by atoms with Gasteiger partial charge in [-0.1, -0.05) is 6.42 Å². The number of thioether (sulfide) groups is 1. The fourth-order valence-electron chi connectivity index (χ4n) is 2.53. The van der Waals surface area contributed by atoms with E-state index in [4.69, 9.17) is 0 Å². The largest absolute Gasteiger partial charge is 0.323 e. The molecule has 0 unspecified atom stereocenters. The van der Waals surface area contributed by atoms with Crippen molar-refractivity contribution in [2.24, 2.45) is 7.05 Å². The molecule has 2 heterocycles. The molecule has 1 aromatic rings. The lowest BCUT2D eigenvalue weighted by atomic mass is 10.2. The molecular weight excluding hydrogens is 286 g/mol. The van der Waals surface area contributed by atoms with Gasteiger partial charge in [-0.05, 0) is 31.6 Å². The van der Waals surface area contributed by atoms with Crippen LogP contribution >= 0.6 is 11.8 Å². The van der Waals surface area contributed by atoms with Crippen LogP contribution in [-0.2, 0) is 7.05 Å². The summed E-state index contributed by atoms with van der Waals surface area (Å²) >= 11 is 1.83. The second-order valence-corrected chi connectivity index (χ2v) is 6.69. The topological polar surface area (TPSA) is 54.3 Å². The number of aryl methyl sites for hydroxylation is 2. The summed E-state index contributed by atoms with van der Waals surface area (Å²) in [7, 11) is 1.69. The van der Waals surface area contributed by atoms with Crippen molar-refractivity contribution >= 4 is 23.5 Å². The summed E-state index contributed by atoms with van der Waals surface area (Å²) in [6.07, 6.45) is 7.18. The van der Waals surface area contributed by atoms with Crippen molar-refractivity contribution in [3.05, 3.63) is 28.2 Å². The third-order valence-corrected chi connectivity index (χ3v) is 4.98. The lowest BCUT2D eigenvalue weighted by Gasteiger charge is -2.24. The summed E-state index contributed by atoms with van der Waals surface area (Å²) < 4.78 is 1.48. The minimum atomic E-state index is -0.0716. The summed E-state index contributed by atoms with van der Waals surface area (Å²) in [5.41, 5.74) is 1.43. The van der Waals surface area contributed by atoms with Gasteiger partial charge < -0.3 is 14.8 Å². The molecule has 1 fully saturated rings. The highest BCUT2D eigenvalue weighted by Gasteiger charge is 2.21. The maximum atomic E-state index is 12.4. The fraction of sp³-hybridized carbons (Fsp3) is 0.600. The number of nitrogens with one attached hydrogen (secondary N) is 1. The molecule has 1 atom stereocenters. The Morgan fingerprint density at radius 1 is 1.43 bits per heavy atom. The van der Waals surface area contributed by atoms with E-state index in [2.05, 4.69) is 11.6 Å². The first-order valence-electron chi connectivity index (χ1n) is 7.27. The standard InChI is InChI=1S/C15H23N3O2S/c1-11-8-14(19)17(2)10-13(11)16-15(20)18-7-5-4-6-12(9-18)21-3/h8,10,12H,4-7,9H2,1-3H3,(H,16,20)/t12-/m0/s1. The zero-order chi connectivity index (χ0) is 15.4. The summed E-state index contributed by atoms with van der Waals surface area (Å²) in [5.74, 6) is 0. The molecule has 1 saturated heterocycles. The Morgan fingerprint density at radius 2 is 2.19 bits per heavy atom. The number of hydrogen-bond donors (Lipinski definition) is 1. The Hall–Kier alpha value is -1.43. The average Bonchev–Trinajstić information content (AvgIpc) is 2.70. The van der Waals surface area contributed by atoms with Crippen LogP contribution < -0.4 is 10.9 Å². The molecule has 0 bridgehead atoms. The number of likely N-dealkylation sites (tertiary alicyclic amines) is 1. The normalized spacial score (nSPS) is 19.2. The molecule has 2 amide bonds. The predicted octanol–water partition coefficient (Wildman–Crippen LogP) is 2.44. The molecule has 1 aromatic heterocycles. The molecule has 6 heteroatoms. The van der Waals surface area contributed by atoms with Crippen LogP contribution in [0.3, 0.4) is 0 Å². The van der Waals surface area contributed by atoms with Crippen LogP contribution in [0.2, 0.25) is 0 Å². The number of hydrogen-bond acceptors (Lipinski definition) is 3. The smallest absolute Gasteiger partial charge is 0.321 e. The highest BCUT2D eigenvalue weighted by Crippen LogP contribution is 2.21. The number of amides is 2. The van der Waals surface area contributed by atoms with Crippen LogP contribution in [0.4, 0.5) is 10.5 Å². The molecular formula is C15H23N3O2S. The summed E-state index contributed by atoms with van der Waals surface area (Å²) in [6, 6.07) is 1.47. The SMILES string of the molecule is CS[C@H]1CCCCN(C(=O)Nc2cn(C)c(=O)cc2C)C1. The van der Waals surface area contributed by atoms with Crippen LogP contribution in [0.25, 0.3) is 0 Å². The minimum absolute atomic E-state index is 0.0669. The van der Waals surface area contributed by atoms with E-state index in [-0.39, 0.29) is 11.6 Å². The van der Waals surface area contributed by atoms with E-state index in [0.717, 1.165) is 25.1 Å². The van der Waals surface area contributed by atoms with E-state index in [1.165, 1.54) is 17.4 Å². The number of anilines is 1. The molecule has 0 saturated carbocycles. The van der Waals surface area contributed by atoms with Crippen LogP contribution in [0.5, 0.6) is 0 Å². The van der Waals surface area contributed by atoms with Crippen LogP contribution in [0, 0.1) is 6.92 Å². The highest BCUT2D eigenvalue weighted by molar-refractivity contribution is 7.99. The van der Waals surface area contributed by atoms with Gasteiger partial charge >= 0.3 is 6.03 Å². The van der Waals surface area contributed by atoms with Gasteiger partial charge in [-0.3, -0.25) is 4.79 Å². The number of pyridine rings is 1. The van der Waals surface area contributed by atoms with Crippen molar-refractivity contribution in [2.45, 2.75) is 31.4 Å². The van der Waals surface area contributed by atoms with E-state index >= 15 is 0 Å². The minimum Gasteiger partial charge on any atom is -0.323 e. The Kier molecular flexibility index (Phi) is 5.33. The third-order valence-electron chi connectivity index (χ3n) is 3.93. The Balaban J connectivity index is 2.10. The van der Waals surface area contributed by atoms with Crippen molar-refractivity contribution in [1.82, 2.24) is 9.47 Å². The maximum absolute atomic E-state index is 12.4. The third kappa shape index (κ3) is 4.03. The van der Waals surface area contributed by atoms with Gasteiger partial charge in [0, 0.05) is 37.7 Å². The molecule has 0 aliphatic carbocycles. The van der Waals surface area contributed by atoms with E-state index < -0.39 is 0 Å². The molecule has 0 spiro atoms. The number of urea groups is 1. The van der Waals surface area contributed by atoms with Crippen molar-refractivity contribution in [2.75, 3.05) is 24.7 Å². The molecule has 2 rings (SSSR count). The van der Waals surface area contributed by atoms with Crippen molar-refractivity contribution in [3.63, 3.8) is 0 Å². The lowest BCUT2D eigenvalue weighted by molar-refractivity contribution is 0.214. The highest BCUT2D eigenvalue weighted by atomic mass is 32.2. The lowest BCUT2D eigenvalue weighted by Crippen LogP contribution is -2.39. The summed E-state index contributed by atoms with van der Waals surface area (Å²) in [6.45, 7) is 3.43. The van der Waals surface area contributed by atoms with Crippen LogP contribution in [0.15, 0.2) is 17.1 Å².